The average Bonchev–Trinajstić information content (AvgIpc) is 2.33. The first kappa shape index (κ1) is 5.28. The third-order valence-electron chi connectivity index (χ3n) is 1.03. The van der Waals surface area contributed by atoms with Gasteiger partial charge in [-0.1, -0.05) is 20.7 Å². The SMILES string of the molecule is C1=Nc2nccn2C=I1. The van der Waals surface area contributed by atoms with E-state index >= 15 is 0 Å². The lowest BCUT2D eigenvalue weighted by molar-refractivity contribution is 1.15. The number of aromatic nitrogens is 2. The number of nitrogens with zero attached hydrogens (tertiary/aromatic N) is 3. The van der Waals surface area contributed by atoms with E-state index in [9.17, 15) is 0 Å². The number of imidazole rings is 1. The van der Waals surface area contributed by atoms with Crippen LogP contribution in [0.25, 0.3) is 0 Å². The van der Waals surface area contributed by atoms with Crippen LogP contribution in [-0.2, 0) is 0 Å². The summed E-state index contributed by atoms with van der Waals surface area (Å²) < 4.78 is 6.07. The van der Waals surface area contributed by atoms with Crippen molar-refractivity contribution >= 4 is 35.0 Å². The molecule has 0 saturated heterocycles. The van der Waals surface area contributed by atoms with Crippen LogP contribution in [0.1, 0.15) is 0 Å². The minimum atomic E-state index is 0.0581. The molecule has 1 aliphatic heterocycles. The van der Waals surface area contributed by atoms with Gasteiger partial charge in [-0.2, -0.15) is 0 Å². The largest absolute Gasteiger partial charge is 0.286 e. The van der Waals surface area contributed by atoms with Gasteiger partial charge in [-0.3, -0.25) is 4.57 Å². The predicted octanol–water partition coefficient (Wildman–Crippen LogP) is 1.14. The van der Waals surface area contributed by atoms with Gasteiger partial charge in [-0.15, -0.1) is 0 Å². The Morgan fingerprint density at radius 1 is 1.56 bits per heavy atom. The van der Waals surface area contributed by atoms with Crippen molar-refractivity contribution in [2.45, 2.75) is 0 Å². The second-order valence-electron chi connectivity index (χ2n) is 1.58. The van der Waals surface area contributed by atoms with Crippen LogP contribution in [0.5, 0.6) is 0 Å². The molecule has 0 spiro atoms. The Balaban J connectivity index is 2.68. The molecule has 0 unspecified atom stereocenters. The van der Waals surface area contributed by atoms with Gasteiger partial charge in [0, 0.05) is 16.5 Å². The zero-order valence-corrected chi connectivity index (χ0v) is 6.69. The van der Waals surface area contributed by atoms with E-state index in [0.29, 0.717) is 0 Å². The monoisotopic (exact) mass is 233 g/mol. The van der Waals surface area contributed by atoms with E-state index in [1.807, 2.05) is 15.0 Å². The Kier molecular flexibility index (Phi) is 1.18. The quantitative estimate of drug-likeness (QED) is 0.618. The summed E-state index contributed by atoms with van der Waals surface area (Å²) in [7, 11) is 0. The van der Waals surface area contributed by atoms with Gasteiger partial charge >= 0.3 is 0 Å². The highest BCUT2D eigenvalue weighted by Crippen LogP contribution is 2.11. The highest BCUT2D eigenvalue weighted by molar-refractivity contribution is 14.2. The maximum atomic E-state index is 4.10. The number of fused-ring (bicyclic) bond motifs is 1. The van der Waals surface area contributed by atoms with E-state index in [-0.39, 0.29) is 20.7 Å². The summed E-state index contributed by atoms with van der Waals surface area (Å²) in [5, 5.41) is 0. The van der Waals surface area contributed by atoms with E-state index in [0.717, 1.165) is 5.95 Å². The van der Waals surface area contributed by atoms with Gasteiger partial charge in [0.15, 0.2) is 0 Å². The van der Waals surface area contributed by atoms with Gasteiger partial charge in [0.2, 0.25) is 5.95 Å². The number of hydrogen-bond acceptors (Lipinski definition) is 2. The molecule has 0 aliphatic carbocycles. The summed E-state index contributed by atoms with van der Waals surface area (Å²) in [6, 6.07) is 0. The fourth-order valence-electron chi connectivity index (χ4n) is 0.639. The minimum Gasteiger partial charge on any atom is -0.286 e. The van der Waals surface area contributed by atoms with Crippen molar-refractivity contribution in [1.29, 1.82) is 0 Å². The molecule has 9 heavy (non-hydrogen) atoms. The molecular weight excluding hydrogens is 229 g/mol. The van der Waals surface area contributed by atoms with E-state index in [4.69, 9.17) is 0 Å². The van der Waals surface area contributed by atoms with Crippen LogP contribution < -0.4 is 0 Å². The van der Waals surface area contributed by atoms with E-state index < -0.39 is 0 Å². The second kappa shape index (κ2) is 2.02. The van der Waals surface area contributed by atoms with Crippen LogP contribution in [0.2, 0.25) is 0 Å². The molecule has 0 saturated carbocycles. The lowest BCUT2D eigenvalue weighted by Gasteiger charge is -1.96. The standard InChI is InChI=1S/C5H4IN3/c1-2-9-4-6-3-8-5(9)7-1/h1-4H. The first-order valence-electron chi connectivity index (χ1n) is 2.47. The molecule has 0 fully saturated rings. The molecule has 2 heterocycles. The van der Waals surface area contributed by atoms with Crippen LogP contribution in [0.4, 0.5) is 5.95 Å². The van der Waals surface area contributed by atoms with Gasteiger partial charge in [0.25, 0.3) is 0 Å². The molecule has 1 aromatic heterocycles. The first-order valence-corrected chi connectivity index (χ1v) is 4.96. The summed E-state index contributed by atoms with van der Waals surface area (Å²) in [4.78, 5) is 8.11. The van der Waals surface area contributed by atoms with Gasteiger partial charge in [-0.25, -0.2) is 9.98 Å². The van der Waals surface area contributed by atoms with Crippen molar-refractivity contribution in [3.8, 4) is 0 Å². The number of hydrogen-bond donors (Lipinski definition) is 0. The van der Waals surface area contributed by atoms with Crippen LogP contribution in [0.3, 0.4) is 0 Å². The Hall–Kier alpha value is -0.520. The summed E-state index contributed by atoms with van der Waals surface area (Å²) in [6.45, 7) is 0. The van der Waals surface area contributed by atoms with Crippen molar-refractivity contribution in [2.75, 3.05) is 0 Å². The van der Waals surface area contributed by atoms with E-state index in [2.05, 4.69) is 14.1 Å². The van der Waals surface area contributed by atoms with Gasteiger partial charge in [0.05, 0.1) is 4.22 Å². The van der Waals surface area contributed by atoms with Gasteiger partial charge in [-0.05, 0) is 0 Å². The van der Waals surface area contributed by atoms with Gasteiger partial charge in [0.1, 0.15) is 0 Å². The number of aliphatic imine (C=N–C) groups is 1. The van der Waals surface area contributed by atoms with Crippen molar-refractivity contribution < 1.29 is 0 Å². The maximum Gasteiger partial charge on any atom is 0.234 e. The van der Waals surface area contributed by atoms with Crippen LogP contribution in [0, 0.1) is 0 Å². The second-order valence-corrected chi connectivity index (χ2v) is 3.42. The molecule has 2 rings (SSSR count). The molecule has 1 aromatic rings. The number of rotatable bonds is 0. The zero-order chi connectivity index (χ0) is 6.10. The van der Waals surface area contributed by atoms with Crippen LogP contribution >= 0.6 is 20.7 Å². The molecule has 0 amide bonds. The van der Waals surface area contributed by atoms with E-state index in [1.54, 1.807) is 6.20 Å². The molecule has 46 valence electrons. The Morgan fingerprint density at radius 3 is 3.44 bits per heavy atom. The molecule has 0 atom stereocenters. The fraction of sp³-hybridized carbons (Fsp3) is 0. The first-order chi connectivity index (χ1) is 4.47. The summed E-state index contributed by atoms with van der Waals surface area (Å²) in [5.41, 5.74) is 0. The Bertz CT molecular complexity index is 247. The molecule has 0 aromatic carbocycles. The topological polar surface area (TPSA) is 30.2 Å². The number of halogens is 1. The van der Waals surface area contributed by atoms with Crippen molar-refractivity contribution in [3.63, 3.8) is 0 Å². The molecule has 0 bridgehead atoms. The molecule has 0 N–H and O–H groups in total. The summed E-state index contributed by atoms with van der Waals surface area (Å²) >= 11 is 0.0581. The zero-order valence-electron chi connectivity index (χ0n) is 4.53. The third kappa shape index (κ3) is 0.827. The summed E-state index contributed by atoms with van der Waals surface area (Å²) in [6.07, 6.45) is 3.68. The maximum absolute atomic E-state index is 4.10. The summed E-state index contributed by atoms with van der Waals surface area (Å²) in [5.74, 6) is 0.806. The Morgan fingerprint density at radius 2 is 2.56 bits per heavy atom. The fourth-order valence-corrected chi connectivity index (χ4v) is 1.97. The highest BCUT2D eigenvalue weighted by atomic mass is 127. The smallest absolute Gasteiger partial charge is 0.234 e. The van der Waals surface area contributed by atoms with Crippen molar-refractivity contribution in [3.05, 3.63) is 12.4 Å². The lowest BCUT2D eigenvalue weighted by Crippen LogP contribution is -1.92. The third-order valence-corrected chi connectivity index (χ3v) is 2.55. The average molecular weight is 233 g/mol. The lowest BCUT2D eigenvalue weighted by atomic mass is 10.9. The van der Waals surface area contributed by atoms with E-state index in [1.165, 1.54) is 0 Å². The normalized spacial score (nSPS) is 14.7. The minimum absolute atomic E-state index is 0.0581. The Labute approximate surface area is 62.2 Å². The van der Waals surface area contributed by atoms with Gasteiger partial charge < -0.3 is 0 Å². The molecule has 1 aliphatic rings. The predicted molar refractivity (Wildman–Crippen MR) is 45.9 cm³/mol. The molecule has 3 nitrogen and oxygen atoms in total. The molecular formula is C5H4IN3. The van der Waals surface area contributed by atoms with Crippen molar-refractivity contribution in [1.82, 2.24) is 9.55 Å². The van der Waals surface area contributed by atoms with Crippen molar-refractivity contribution in [2.24, 2.45) is 4.99 Å². The highest BCUT2D eigenvalue weighted by Gasteiger charge is 1.97. The molecule has 4 heteroatoms. The van der Waals surface area contributed by atoms with Crippen LogP contribution in [0.15, 0.2) is 17.4 Å². The molecule has 0 radical (unpaired) electrons. The van der Waals surface area contributed by atoms with Crippen LogP contribution in [-0.4, -0.2) is 17.9 Å².